The zero-order chi connectivity index (χ0) is 12.7. The number of aromatic hydroxyl groups is 1. The van der Waals surface area contributed by atoms with Gasteiger partial charge >= 0.3 is 0 Å². The lowest BCUT2D eigenvalue weighted by atomic mass is 10.1. The highest BCUT2D eigenvalue weighted by Gasteiger charge is 2.10. The maximum atomic E-state index is 9.88. The van der Waals surface area contributed by atoms with Crippen molar-refractivity contribution in [1.29, 1.82) is 0 Å². The van der Waals surface area contributed by atoms with Crippen LogP contribution in [0.15, 0.2) is 36.9 Å². The van der Waals surface area contributed by atoms with E-state index in [0.29, 0.717) is 17.0 Å². The molecule has 0 unspecified atom stereocenters. The maximum Gasteiger partial charge on any atom is 0.144 e. The lowest BCUT2D eigenvalue weighted by molar-refractivity contribution is 0.480. The van der Waals surface area contributed by atoms with Crippen LogP contribution in [0.3, 0.4) is 0 Å². The van der Waals surface area contributed by atoms with Crippen molar-refractivity contribution in [3.8, 4) is 11.4 Å². The molecule has 0 atom stereocenters. The number of nitrogen functional groups attached to an aromatic ring is 2. The molecule has 3 aromatic rings. The molecule has 90 valence electrons. The second kappa shape index (κ2) is 3.63. The Balaban J connectivity index is 2.44. The number of benzene rings is 1. The molecule has 0 spiro atoms. The van der Waals surface area contributed by atoms with E-state index in [9.17, 15) is 5.11 Å². The van der Waals surface area contributed by atoms with Crippen LogP contribution >= 0.6 is 0 Å². The lowest BCUT2D eigenvalue weighted by Gasteiger charge is -2.10. The Bertz CT molecular complexity index is 721. The van der Waals surface area contributed by atoms with Crippen molar-refractivity contribution in [3.63, 3.8) is 0 Å². The highest BCUT2D eigenvalue weighted by Crippen LogP contribution is 2.31. The van der Waals surface area contributed by atoms with Crippen molar-refractivity contribution in [1.82, 2.24) is 14.5 Å². The number of imidazole rings is 1. The number of fused-ring (bicyclic) bond motifs is 1. The third kappa shape index (κ3) is 1.51. The summed E-state index contributed by atoms with van der Waals surface area (Å²) in [6, 6.07) is 4.91. The highest BCUT2D eigenvalue weighted by molar-refractivity contribution is 5.95. The summed E-state index contributed by atoms with van der Waals surface area (Å²) in [7, 11) is 0. The van der Waals surface area contributed by atoms with Crippen molar-refractivity contribution in [3.05, 3.63) is 36.9 Å². The number of nitrogens with zero attached hydrogens (tertiary/aromatic N) is 3. The van der Waals surface area contributed by atoms with Gasteiger partial charge in [0.1, 0.15) is 17.1 Å². The monoisotopic (exact) mass is 241 g/mol. The molecule has 0 amide bonds. The van der Waals surface area contributed by atoms with Crippen molar-refractivity contribution >= 4 is 22.4 Å². The van der Waals surface area contributed by atoms with Gasteiger partial charge in [-0.05, 0) is 6.07 Å². The summed E-state index contributed by atoms with van der Waals surface area (Å²) in [5, 5.41) is 10.6. The summed E-state index contributed by atoms with van der Waals surface area (Å²) in [6.45, 7) is 0. The zero-order valence-electron chi connectivity index (χ0n) is 9.41. The van der Waals surface area contributed by atoms with Crippen LogP contribution in [0.25, 0.3) is 16.6 Å². The number of nitrogens with two attached hydrogens (primary N) is 2. The van der Waals surface area contributed by atoms with Crippen LogP contribution in [-0.2, 0) is 0 Å². The van der Waals surface area contributed by atoms with Gasteiger partial charge in [0.15, 0.2) is 0 Å². The summed E-state index contributed by atoms with van der Waals surface area (Å²) in [5.41, 5.74) is 13.2. The minimum absolute atomic E-state index is 0.0127. The molecule has 18 heavy (non-hydrogen) atoms. The van der Waals surface area contributed by atoms with Crippen LogP contribution in [0, 0.1) is 0 Å². The number of hydrogen-bond donors (Lipinski definition) is 3. The van der Waals surface area contributed by atoms with E-state index in [1.165, 1.54) is 6.07 Å². The van der Waals surface area contributed by atoms with Gasteiger partial charge in [0.2, 0.25) is 0 Å². The molecule has 2 aromatic heterocycles. The molecule has 0 bridgehead atoms. The first kappa shape index (κ1) is 10.4. The molecule has 0 aliphatic carbocycles. The van der Waals surface area contributed by atoms with Crippen molar-refractivity contribution in [2.75, 3.05) is 11.5 Å². The van der Waals surface area contributed by atoms with Gasteiger partial charge in [0.05, 0.1) is 12.0 Å². The summed E-state index contributed by atoms with van der Waals surface area (Å²) in [4.78, 5) is 8.11. The predicted molar refractivity (Wildman–Crippen MR) is 69.4 cm³/mol. The van der Waals surface area contributed by atoms with Crippen LogP contribution in [0.1, 0.15) is 0 Å². The van der Waals surface area contributed by atoms with E-state index in [1.807, 2.05) is 0 Å². The van der Waals surface area contributed by atoms with Crippen LogP contribution in [-0.4, -0.2) is 19.6 Å². The minimum Gasteiger partial charge on any atom is -0.506 e. The topological polar surface area (TPSA) is 103 Å². The Morgan fingerprint density at radius 2 is 2.00 bits per heavy atom. The zero-order valence-corrected chi connectivity index (χ0v) is 9.41. The van der Waals surface area contributed by atoms with E-state index in [-0.39, 0.29) is 5.75 Å². The molecule has 3 rings (SSSR count). The van der Waals surface area contributed by atoms with Gasteiger partial charge in [-0.3, -0.25) is 0 Å². The average molecular weight is 241 g/mol. The van der Waals surface area contributed by atoms with Gasteiger partial charge in [0, 0.05) is 35.6 Å². The fraction of sp³-hybridized carbons (Fsp3) is 0. The summed E-state index contributed by atoms with van der Waals surface area (Å²) in [6.07, 6.45) is 5.09. The third-order valence-electron chi connectivity index (χ3n) is 2.70. The molecule has 6 nitrogen and oxygen atoms in total. The smallest absolute Gasteiger partial charge is 0.144 e. The molecular weight excluding hydrogens is 230 g/mol. The first-order valence-corrected chi connectivity index (χ1v) is 5.32. The van der Waals surface area contributed by atoms with Gasteiger partial charge in [-0.1, -0.05) is 0 Å². The quantitative estimate of drug-likeness (QED) is 0.557. The number of rotatable bonds is 1. The Labute approximate surface area is 103 Å². The predicted octanol–water partition coefficient (Wildman–Crippen LogP) is 1.29. The van der Waals surface area contributed by atoms with Crippen LogP contribution in [0.2, 0.25) is 0 Å². The van der Waals surface area contributed by atoms with Gasteiger partial charge in [-0.2, -0.15) is 0 Å². The Kier molecular flexibility index (Phi) is 2.09. The van der Waals surface area contributed by atoms with E-state index in [2.05, 4.69) is 9.97 Å². The van der Waals surface area contributed by atoms with E-state index in [1.54, 1.807) is 35.4 Å². The number of anilines is 2. The van der Waals surface area contributed by atoms with Crippen LogP contribution in [0.5, 0.6) is 5.75 Å². The number of phenolic OH excluding ortho intramolecular Hbond substituents is 1. The molecule has 5 N–H and O–H groups in total. The van der Waals surface area contributed by atoms with E-state index in [4.69, 9.17) is 11.5 Å². The Morgan fingerprint density at radius 1 is 1.17 bits per heavy atom. The van der Waals surface area contributed by atoms with Gasteiger partial charge < -0.3 is 21.1 Å². The lowest BCUT2D eigenvalue weighted by Crippen LogP contribution is -1.99. The van der Waals surface area contributed by atoms with Crippen molar-refractivity contribution < 1.29 is 5.11 Å². The summed E-state index contributed by atoms with van der Waals surface area (Å²) in [5.74, 6) is 0.338. The van der Waals surface area contributed by atoms with Crippen LogP contribution in [0.4, 0.5) is 11.5 Å². The van der Waals surface area contributed by atoms with Crippen LogP contribution < -0.4 is 11.5 Å². The number of hydrogen-bond acceptors (Lipinski definition) is 5. The van der Waals surface area contributed by atoms with Crippen molar-refractivity contribution in [2.45, 2.75) is 0 Å². The molecular formula is C12H11N5O. The largest absolute Gasteiger partial charge is 0.506 e. The third-order valence-corrected chi connectivity index (χ3v) is 2.70. The molecule has 0 saturated carbocycles. The van der Waals surface area contributed by atoms with Gasteiger partial charge in [-0.25, -0.2) is 9.97 Å². The number of aromatic nitrogens is 3. The maximum absolute atomic E-state index is 9.88. The highest BCUT2D eigenvalue weighted by atomic mass is 16.3. The minimum atomic E-state index is 0.0127. The average Bonchev–Trinajstić information content (AvgIpc) is 2.83. The Morgan fingerprint density at radius 3 is 2.72 bits per heavy atom. The first-order chi connectivity index (χ1) is 8.65. The fourth-order valence-corrected chi connectivity index (χ4v) is 1.95. The number of phenols is 1. The van der Waals surface area contributed by atoms with Gasteiger partial charge in [0.25, 0.3) is 0 Å². The molecule has 0 fully saturated rings. The van der Waals surface area contributed by atoms with E-state index >= 15 is 0 Å². The second-order valence-corrected chi connectivity index (χ2v) is 3.97. The molecule has 1 aromatic carbocycles. The molecule has 0 radical (unpaired) electrons. The number of pyridine rings is 1. The van der Waals surface area contributed by atoms with Crippen molar-refractivity contribution in [2.24, 2.45) is 0 Å². The summed E-state index contributed by atoms with van der Waals surface area (Å²) < 4.78 is 1.79. The molecule has 0 saturated heterocycles. The molecule has 6 heteroatoms. The molecule has 0 aliphatic rings. The SMILES string of the molecule is Nc1cc(O)c2nc(N)cc(-n3ccnc3)c2c1. The van der Waals surface area contributed by atoms with E-state index < -0.39 is 0 Å². The van der Waals surface area contributed by atoms with Gasteiger partial charge in [-0.15, -0.1) is 0 Å². The Hall–Kier alpha value is -2.76. The standard InChI is InChI=1S/C12H11N5O/c13-7-3-8-9(17-2-1-15-6-17)5-11(14)16-12(8)10(18)4-7/h1-6,18H,13H2,(H2,14,16). The normalized spacial score (nSPS) is 10.9. The second-order valence-electron chi connectivity index (χ2n) is 3.97. The molecule has 0 aliphatic heterocycles. The summed E-state index contributed by atoms with van der Waals surface area (Å²) >= 11 is 0. The van der Waals surface area contributed by atoms with E-state index in [0.717, 1.165) is 11.1 Å². The first-order valence-electron chi connectivity index (χ1n) is 5.32. The fourth-order valence-electron chi connectivity index (χ4n) is 1.95. The molecule has 2 heterocycles.